The molecule has 134 valence electrons. The van der Waals surface area contributed by atoms with E-state index in [0.29, 0.717) is 5.56 Å². The Balaban J connectivity index is 2.16. The van der Waals surface area contributed by atoms with Gasteiger partial charge in [0, 0.05) is 0 Å². The number of hydrogen-bond donors (Lipinski definition) is 1. The van der Waals surface area contributed by atoms with E-state index in [-0.39, 0.29) is 27.8 Å². The van der Waals surface area contributed by atoms with Gasteiger partial charge in [0.05, 0.1) is 17.7 Å². The third-order valence-electron chi connectivity index (χ3n) is 3.31. The summed E-state index contributed by atoms with van der Waals surface area (Å²) in [5.41, 5.74) is 0.427. The normalized spacial score (nSPS) is 11.2. The molecule has 0 fully saturated rings. The van der Waals surface area contributed by atoms with Crippen LogP contribution in [0.4, 0.5) is 4.39 Å². The Labute approximate surface area is 149 Å². The van der Waals surface area contributed by atoms with Gasteiger partial charge in [-0.25, -0.2) is 22.3 Å². The fourth-order valence-electron chi connectivity index (χ4n) is 1.98. The third-order valence-corrected chi connectivity index (χ3v) is 5.21. The summed E-state index contributed by atoms with van der Waals surface area (Å²) < 4.78 is 49.4. The lowest BCUT2D eigenvalue weighted by Crippen LogP contribution is -2.19. The van der Waals surface area contributed by atoms with E-state index in [9.17, 15) is 17.6 Å². The highest BCUT2D eigenvalue weighted by atomic mass is 35.5. The van der Waals surface area contributed by atoms with Crippen LogP contribution in [0.3, 0.4) is 0 Å². The number of nitrogens with one attached hydrogen (secondary N) is 1. The molecule has 0 heterocycles. The maximum absolute atomic E-state index is 13.6. The molecular weight excluding hydrogens is 373 g/mol. The smallest absolute Gasteiger partial charge is 0.338 e. The number of sulfonamides is 1. The summed E-state index contributed by atoms with van der Waals surface area (Å²) in [6.45, 7) is -0.184. The van der Waals surface area contributed by atoms with Gasteiger partial charge in [0.25, 0.3) is 0 Å². The zero-order valence-electron chi connectivity index (χ0n) is 13.4. The fraction of sp³-hybridized carbons (Fsp3) is 0.188. The Bertz CT molecular complexity index is 901. The first kappa shape index (κ1) is 19.2. The minimum absolute atomic E-state index is 0.00667. The third kappa shape index (κ3) is 4.47. The first-order chi connectivity index (χ1) is 11.8. The van der Waals surface area contributed by atoms with E-state index < -0.39 is 21.8 Å². The molecule has 1 N–H and O–H groups in total. The van der Waals surface area contributed by atoms with Crippen LogP contribution < -0.4 is 9.46 Å². The summed E-state index contributed by atoms with van der Waals surface area (Å²) in [6, 6.07) is 7.89. The van der Waals surface area contributed by atoms with Gasteiger partial charge in [-0.3, -0.25) is 0 Å². The lowest BCUT2D eigenvalue weighted by molar-refractivity contribution is 0.0472. The minimum Gasteiger partial charge on any atom is -0.494 e. The molecule has 0 saturated carbocycles. The summed E-state index contributed by atoms with van der Waals surface area (Å²) in [5, 5.41) is -0.0249. The van der Waals surface area contributed by atoms with Crippen molar-refractivity contribution in [3.8, 4) is 5.75 Å². The molecule has 0 amide bonds. The molecule has 9 heteroatoms. The molecule has 0 radical (unpaired) electrons. The average molecular weight is 388 g/mol. The van der Waals surface area contributed by atoms with E-state index in [0.717, 1.165) is 6.07 Å². The Morgan fingerprint density at radius 2 is 1.96 bits per heavy atom. The molecule has 0 aromatic heterocycles. The average Bonchev–Trinajstić information content (AvgIpc) is 2.60. The molecule has 0 spiro atoms. The van der Waals surface area contributed by atoms with Crippen molar-refractivity contribution in [2.75, 3.05) is 14.2 Å². The predicted octanol–water partition coefficient (Wildman–Crippen LogP) is 2.75. The van der Waals surface area contributed by atoms with Crippen LogP contribution in [-0.4, -0.2) is 28.5 Å². The zero-order chi connectivity index (χ0) is 18.6. The van der Waals surface area contributed by atoms with Crippen molar-refractivity contribution in [1.29, 1.82) is 0 Å². The van der Waals surface area contributed by atoms with Gasteiger partial charge in [-0.1, -0.05) is 17.7 Å². The van der Waals surface area contributed by atoms with Gasteiger partial charge in [0.1, 0.15) is 11.5 Å². The van der Waals surface area contributed by atoms with Crippen molar-refractivity contribution in [2.45, 2.75) is 11.5 Å². The Hall–Kier alpha value is -2.16. The monoisotopic (exact) mass is 387 g/mol. The van der Waals surface area contributed by atoms with E-state index in [4.69, 9.17) is 21.1 Å². The number of hydrogen-bond acceptors (Lipinski definition) is 5. The van der Waals surface area contributed by atoms with Crippen molar-refractivity contribution < 1.29 is 27.1 Å². The van der Waals surface area contributed by atoms with Crippen molar-refractivity contribution in [3.63, 3.8) is 0 Å². The molecule has 2 aromatic rings. The largest absolute Gasteiger partial charge is 0.494 e. The summed E-state index contributed by atoms with van der Waals surface area (Å²) in [6.07, 6.45) is 0. The lowest BCUT2D eigenvalue weighted by atomic mass is 10.2. The Morgan fingerprint density at radius 3 is 2.56 bits per heavy atom. The predicted molar refractivity (Wildman–Crippen MR) is 89.8 cm³/mol. The molecule has 0 aliphatic carbocycles. The molecular formula is C16H15ClFNO5S. The van der Waals surface area contributed by atoms with E-state index in [1.54, 1.807) is 6.07 Å². The number of rotatable bonds is 6. The summed E-state index contributed by atoms with van der Waals surface area (Å²) in [5.74, 6) is -1.26. The number of carbonyl (C=O) groups is 1. The van der Waals surface area contributed by atoms with Gasteiger partial charge in [-0.15, -0.1) is 0 Å². The molecule has 0 aliphatic heterocycles. The number of ether oxygens (including phenoxy) is 2. The van der Waals surface area contributed by atoms with Crippen LogP contribution in [0.1, 0.15) is 15.9 Å². The minimum atomic E-state index is -3.82. The molecule has 0 bridgehead atoms. The van der Waals surface area contributed by atoms with E-state index in [1.807, 2.05) is 0 Å². The molecule has 0 unspecified atom stereocenters. The second-order valence-electron chi connectivity index (χ2n) is 4.90. The highest BCUT2D eigenvalue weighted by Gasteiger charge is 2.19. The molecule has 2 rings (SSSR count). The lowest BCUT2D eigenvalue weighted by Gasteiger charge is -2.09. The maximum Gasteiger partial charge on any atom is 0.338 e. The van der Waals surface area contributed by atoms with Crippen LogP contribution in [0.15, 0.2) is 41.3 Å². The number of benzene rings is 2. The van der Waals surface area contributed by atoms with Crippen molar-refractivity contribution in [3.05, 3.63) is 58.4 Å². The second kappa shape index (κ2) is 7.81. The van der Waals surface area contributed by atoms with Crippen molar-refractivity contribution in [2.24, 2.45) is 0 Å². The van der Waals surface area contributed by atoms with Crippen LogP contribution in [0.5, 0.6) is 5.75 Å². The number of methoxy groups -OCH3 is 1. The SMILES string of the molecule is CNS(=O)(=O)c1cc(C(=O)OCc2ccc(OC)c(F)c2)ccc1Cl. The zero-order valence-corrected chi connectivity index (χ0v) is 14.9. The molecule has 0 saturated heterocycles. The van der Waals surface area contributed by atoms with Gasteiger partial charge in [0.15, 0.2) is 11.6 Å². The van der Waals surface area contributed by atoms with Crippen LogP contribution in [0, 0.1) is 5.82 Å². The van der Waals surface area contributed by atoms with Crippen LogP contribution in [-0.2, 0) is 21.4 Å². The van der Waals surface area contributed by atoms with E-state index in [2.05, 4.69) is 4.72 Å². The Morgan fingerprint density at radius 1 is 1.24 bits per heavy atom. The van der Waals surface area contributed by atoms with Crippen molar-refractivity contribution >= 4 is 27.6 Å². The number of carbonyl (C=O) groups excluding carboxylic acids is 1. The van der Waals surface area contributed by atoms with Crippen molar-refractivity contribution in [1.82, 2.24) is 4.72 Å². The van der Waals surface area contributed by atoms with Gasteiger partial charge in [-0.2, -0.15) is 0 Å². The van der Waals surface area contributed by atoms with E-state index >= 15 is 0 Å². The van der Waals surface area contributed by atoms with Crippen LogP contribution in [0.25, 0.3) is 0 Å². The van der Waals surface area contributed by atoms with Crippen LogP contribution in [0.2, 0.25) is 5.02 Å². The molecule has 6 nitrogen and oxygen atoms in total. The van der Waals surface area contributed by atoms with Gasteiger partial charge < -0.3 is 9.47 Å². The second-order valence-corrected chi connectivity index (χ2v) is 7.16. The standard InChI is InChI=1S/C16H15ClFNO5S/c1-19-25(21,22)15-8-11(4-5-12(15)17)16(20)24-9-10-3-6-14(23-2)13(18)7-10/h3-8,19H,9H2,1-2H3. The van der Waals surface area contributed by atoms with E-state index in [1.165, 1.54) is 38.4 Å². The fourth-order valence-corrected chi connectivity index (χ4v) is 3.23. The van der Waals surface area contributed by atoms with Gasteiger partial charge >= 0.3 is 5.97 Å². The first-order valence-corrected chi connectivity index (χ1v) is 8.87. The maximum atomic E-state index is 13.6. The van der Waals surface area contributed by atoms with Crippen LogP contribution >= 0.6 is 11.6 Å². The molecule has 0 atom stereocenters. The first-order valence-electron chi connectivity index (χ1n) is 7.01. The Kier molecular flexibility index (Phi) is 5.99. The van der Waals surface area contributed by atoms with Gasteiger partial charge in [0.2, 0.25) is 10.0 Å². The molecule has 25 heavy (non-hydrogen) atoms. The summed E-state index contributed by atoms with van der Waals surface area (Å²) in [7, 11) is -1.24. The molecule has 2 aromatic carbocycles. The molecule has 0 aliphatic rings. The van der Waals surface area contributed by atoms with Gasteiger partial charge in [-0.05, 0) is 42.9 Å². The highest BCUT2D eigenvalue weighted by molar-refractivity contribution is 7.89. The summed E-state index contributed by atoms with van der Waals surface area (Å²) >= 11 is 5.86. The summed E-state index contributed by atoms with van der Waals surface area (Å²) in [4.78, 5) is 11.9. The quantitative estimate of drug-likeness (QED) is 0.771. The number of esters is 1. The number of halogens is 2. The topological polar surface area (TPSA) is 81.7 Å². The highest BCUT2D eigenvalue weighted by Crippen LogP contribution is 2.23.